The second-order valence-electron chi connectivity index (χ2n) is 5.36. The summed E-state index contributed by atoms with van der Waals surface area (Å²) >= 11 is 5.99. The Labute approximate surface area is 143 Å². The first-order valence-electron chi connectivity index (χ1n) is 7.78. The van der Waals surface area contributed by atoms with Gasteiger partial charge in [-0.1, -0.05) is 29.8 Å². The van der Waals surface area contributed by atoms with E-state index in [1.807, 2.05) is 37.4 Å². The number of aliphatic imine (C=N–C) groups is 1. The summed E-state index contributed by atoms with van der Waals surface area (Å²) < 4.78 is 0. The molecular formula is C18H23ClN4. The van der Waals surface area contributed by atoms with Gasteiger partial charge in [-0.3, -0.25) is 9.98 Å². The minimum absolute atomic E-state index is 0.775. The largest absolute Gasteiger partial charge is 0.356 e. The topological polar surface area (TPSA) is 49.3 Å². The van der Waals surface area contributed by atoms with Crippen LogP contribution in [0, 0.1) is 6.92 Å². The zero-order valence-electron chi connectivity index (χ0n) is 13.6. The van der Waals surface area contributed by atoms with Crippen LogP contribution < -0.4 is 10.6 Å². The molecule has 0 aliphatic rings. The van der Waals surface area contributed by atoms with Crippen LogP contribution in [0.15, 0.2) is 47.6 Å². The molecule has 0 bridgehead atoms. The van der Waals surface area contributed by atoms with Gasteiger partial charge >= 0.3 is 0 Å². The first kappa shape index (κ1) is 17.3. The number of pyridine rings is 1. The summed E-state index contributed by atoms with van der Waals surface area (Å²) in [5.41, 5.74) is 3.48. The van der Waals surface area contributed by atoms with E-state index in [4.69, 9.17) is 11.6 Å². The fourth-order valence-electron chi connectivity index (χ4n) is 2.21. The van der Waals surface area contributed by atoms with Crippen LogP contribution in [-0.2, 0) is 12.8 Å². The summed E-state index contributed by atoms with van der Waals surface area (Å²) in [5, 5.41) is 7.40. The summed E-state index contributed by atoms with van der Waals surface area (Å²) in [5.74, 6) is 0.812. The van der Waals surface area contributed by atoms with Gasteiger partial charge in [0.25, 0.3) is 0 Å². The van der Waals surface area contributed by atoms with Crippen molar-refractivity contribution in [3.8, 4) is 0 Å². The van der Waals surface area contributed by atoms with E-state index < -0.39 is 0 Å². The van der Waals surface area contributed by atoms with Crippen LogP contribution in [0.2, 0.25) is 5.02 Å². The van der Waals surface area contributed by atoms with E-state index >= 15 is 0 Å². The molecule has 1 heterocycles. The van der Waals surface area contributed by atoms with Crippen molar-refractivity contribution in [1.82, 2.24) is 15.6 Å². The minimum atomic E-state index is 0.775. The van der Waals surface area contributed by atoms with Gasteiger partial charge in [-0.2, -0.15) is 0 Å². The first-order valence-corrected chi connectivity index (χ1v) is 8.15. The number of hydrogen-bond acceptors (Lipinski definition) is 2. The Kier molecular flexibility index (Phi) is 6.88. The molecule has 1 aromatic heterocycles. The van der Waals surface area contributed by atoms with Crippen LogP contribution in [0.4, 0.5) is 0 Å². The minimum Gasteiger partial charge on any atom is -0.356 e. The molecule has 5 heteroatoms. The molecule has 0 saturated carbocycles. The number of nitrogens with one attached hydrogen (secondary N) is 2. The molecule has 0 fully saturated rings. The third kappa shape index (κ3) is 6.28. The summed E-state index contributed by atoms with van der Waals surface area (Å²) in [7, 11) is 1.78. The maximum atomic E-state index is 5.99. The summed E-state index contributed by atoms with van der Waals surface area (Å²) in [6, 6.07) is 12.1. The van der Waals surface area contributed by atoms with E-state index in [1.54, 1.807) is 7.05 Å². The Morgan fingerprint density at radius 2 is 1.83 bits per heavy atom. The van der Waals surface area contributed by atoms with Gasteiger partial charge in [-0.25, -0.2) is 0 Å². The molecule has 0 aliphatic heterocycles. The van der Waals surface area contributed by atoms with E-state index in [1.165, 1.54) is 11.1 Å². The molecule has 0 spiro atoms. The Morgan fingerprint density at radius 1 is 1.09 bits per heavy atom. The smallest absolute Gasteiger partial charge is 0.190 e. The second kappa shape index (κ2) is 9.16. The number of nitrogens with zero attached hydrogens (tertiary/aromatic N) is 2. The van der Waals surface area contributed by atoms with Gasteiger partial charge in [0.15, 0.2) is 5.96 Å². The maximum Gasteiger partial charge on any atom is 0.190 e. The predicted octanol–water partition coefficient (Wildman–Crippen LogP) is 2.99. The Hall–Kier alpha value is -2.07. The van der Waals surface area contributed by atoms with Crippen molar-refractivity contribution in [3.63, 3.8) is 0 Å². The highest BCUT2D eigenvalue weighted by atomic mass is 35.5. The summed E-state index contributed by atoms with van der Waals surface area (Å²) in [6.45, 7) is 3.63. The van der Waals surface area contributed by atoms with Crippen LogP contribution in [0.5, 0.6) is 0 Å². The Balaban J connectivity index is 1.70. The molecule has 0 atom stereocenters. The fraction of sp³-hybridized carbons (Fsp3) is 0.333. The lowest BCUT2D eigenvalue weighted by Crippen LogP contribution is -2.39. The summed E-state index contributed by atoms with van der Waals surface area (Å²) in [6.07, 6.45) is 3.75. The average Bonchev–Trinajstić information content (AvgIpc) is 2.55. The third-order valence-corrected chi connectivity index (χ3v) is 3.73. The van der Waals surface area contributed by atoms with Gasteiger partial charge in [-0.15, -0.1) is 0 Å². The highest BCUT2D eigenvalue weighted by Gasteiger charge is 1.99. The van der Waals surface area contributed by atoms with Crippen molar-refractivity contribution in [2.75, 3.05) is 20.1 Å². The molecule has 0 saturated heterocycles. The van der Waals surface area contributed by atoms with Crippen molar-refractivity contribution in [3.05, 3.63) is 64.4 Å². The van der Waals surface area contributed by atoms with Crippen molar-refractivity contribution >= 4 is 17.6 Å². The molecule has 23 heavy (non-hydrogen) atoms. The maximum absolute atomic E-state index is 5.99. The monoisotopic (exact) mass is 330 g/mol. The standard InChI is InChI=1S/C18H23ClN4/c1-14-6-7-16(13-23-14)9-11-22-18(20-2)21-10-8-15-4-3-5-17(19)12-15/h3-7,12-13H,8-11H2,1-2H3,(H2,20,21,22). The third-order valence-electron chi connectivity index (χ3n) is 3.50. The molecule has 122 valence electrons. The highest BCUT2D eigenvalue weighted by Crippen LogP contribution is 2.10. The molecule has 0 unspecified atom stereocenters. The van der Waals surface area contributed by atoms with Crippen LogP contribution in [0.25, 0.3) is 0 Å². The van der Waals surface area contributed by atoms with Crippen LogP contribution in [-0.4, -0.2) is 31.1 Å². The van der Waals surface area contributed by atoms with Crippen molar-refractivity contribution < 1.29 is 0 Å². The molecular weight excluding hydrogens is 308 g/mol. The van der Waals surface area contributed by atoms with E-state index in [-0.39, 0.29) is 0 Å². The molecule has 0 aliphatic carbocycles. The second-order valence-corrected chi connectivity index (χ2v) is 5.80. The molecule has 0 amide bonds. The average molecular weight is 331 g/mol. The lowest BCUT2D eigenvalue weighted by atomic mass is 10.1. The molecule has 2 N–H and O–H groups in total. The van der Waals surface area contributed by atoms with Gasteiger partial charge < -0.3 is 10.6 Å². The Bertz CT molecular complexity index is 638. The van der Waals surface area contributed by atoms with E-state index in [9.17, 15) is 0 Å². The molecule has 1 aromatic carbocycles. The van der Waals surface area contributed by atoms with Crippen molar-refractivity contribution in [1.29, 1.82) is 0 Å². The van der Waals surface area contributed by atoms with Crippen LogP contribution in [0.3, 0.4) is 0 Å². The zero-order chi connectivity index (χ0) is 16.5. The lowest BCUT2D eigenvalue weighted by molar-refractivity contribution is 0.783. The molecule has 0 radical (unpaired) electrons. The highest BCUT2D eigenvalue weighted by molar-refractivity contribution is 6.30. The van der Waals surface area contributed by atoms with Crippen LogP contribution >= 0.6 is 11.6 Å². The molecule has 4 nitrogen and oxygen atoms in total. The number of aromatic nitrogens is 1. The van der Waals surface area contributed by atoms with Gasteiger partial charge in [-0.05, 0) is 49.1 Å². The van der Waals surface area contributed by atoms with Gasteiger partial charge in [0.05, 0.1) is 0 Å². The fourth-order valence-corrected chi connectivity index (χ4v) is 2.42. The molecule has 2 rings (SSSR count). The number of aryl methyl sites for hydroxylation is 1. The SMILES string of the molecule is CN=C(NCCc1ccc(C)nc1)NCCc1cccc(Cl)c1. The number of benzene rings is 1. The van der Waals surface area contributed by atoms with Gasteiger partial charge in [0.2, 0.25) is 0 Å². The van der Waals surface area contributed by atoms with Crippen molar-refractivity contribution in [2.45, 2.75) is 19.8 Å². The van der Waals surface area contributed by atoms with Crippen molar-refractivity contribution in [2.24, 2.45) is 4.99 Å². The van der Waals surface area contributed by atoms with E-state index in [2.05, 4.69) is 32.7 Å². The Morgan fingerprint density at radius 3 is 2.43 bits per heavy atom. The number of halogens is 1. The number of rotatable bonds is 6. The quantitative estimate of drug-likeness (QED) is 0.632. The predicted molar refractivity (Wildman–Crippen MR) is 97.2 cm³/mol. The van der Waals surface area contributed by atoms with Crippen LogP contribution in [0.1, 0.15) is 16.8 Å². The van der Waals surface area contributed by atoms with E-state index in [0.29, 0.717) is 0 Å². The lowest BCUT2D eigenvalue weighted by Gasteiger charge is -2.12. The normalized spacial score (nSPS) is 11.3. The first-order chi connectivity index (χ1) is 11.2. The van der Waals surface area contributed by atoms with Gasteiger partial charge in [0.1, 0.15) is 0 Å². The van der Waals surface area contributed by atoms with Gasteiger partial charge in [0, 0.05) is 37.1 Å². The summed E-state index contributed by atoms with van der Waals surface area (Å²) in [4.78, 5) is 8.54. The number of hydrogen-bond donors (Lipinski definition) is 2. The van der Waals surface area contributed by atoms with E-state index in [0.717, 1.165) is 42.6 Å². The number of guanidine groups is 1. The molecule has 2 aromatic rings. The zero-order valence-corrected chi connectivity index (χ0v) is 14.4.